The maximum absolute atomic E-state index is 12.2. The van der Waals surface area contributed by atoms with E-state index in [9.17, 15) is 9.90 Å². The molecule has 3 heterocycles. The first kappa shape index (κ1) is 12.4. The minimum atomic E-state index is -0.642. The van der Waals surface area contributed by atoms with Gasteiger partial charge < -0.3 is 14.6 Å². The Kier molecular flexibility index (Phi) is 2.54. The molecule has 4 aliphatic rings. The van der Waals surface area contributed by atoms with E-state index in [1.54, 1.807) is 7.11 Å². The Morgan fingerprint density at radius 3 is 3.15 bits per heavy atom. The molecule has 5 nitrogen and oxygen atoms in total. The van der Waals surface area contributed by atoms with Crippen molar-refractivity contribution in [3.63, 3.8) is 0 Å². The molecule has 0 bridgehead atoms. The number of esters is 1. The van der Waals surface area contributed by atoms with Gasteiger partial charge >= 0.3 is 5.97 Å². The second kappa shape index (κ2) is 4.09. The maximum Gasteiger partial charge on any atom is 0.336 e. The van der Waals surface area contributed by atoms with Crippen LogP contribution in [0.3, 0.4) is 0 Å². The molecule has 3 aliphatic heterocycles. The van der Waals surface area contributed by atoms with E-state index >= 15 is 0 Å². The Balaban J connectivity index is 1.86. The summed E-state index contributed by atoms with van der Waals surface area (Å²) in [4.78, 5) is 14.6. The van der Waals surface area contributed by atoms with E-state index in [4.69, 9.17) is 9.47 Å². The van der Waals surface area contributed by atoms with Crippen LogP contribution in [-0.2, 0) is 14.3 Å². The van der Waals surface area contributed by atoms with Crippen LogP contribution in [0.4, 0.5) is 0 Å². The van der Waals surface area contributed by atoms with E-state index in [0.29, 0.717) is 18.8 Å². The molecule has 0 aromatic carbocycles. The fraction of sp³-hybridized carbons (Fsp3) is 0.667. The zero-order valence-corrected chi connectivity index (χ0v) is 11.6. The summed E-state index contributed by atoms with van der Waals surface area (Å²) in [5, 5.41) is 10.4. The third-order valence-corrected chi connectivity index (χ3v) is 5.37. The fourth-order valence-electron chi connectivity index (χ4n) is 4.53. The number of aliphatic hydroxyl groups excluding tert-OH is 1. The molecule has 0 radical (unpaired) electrons. The average Bonchev–Trinajstić information content (AvgIpc) is 2.98. The molecule has 1 spiro atoms. The lowest BCUT2D eigenvalue weighted by molar-refractivity contribution is -0.137. The minimum Gasteiger partial charge on any atom is -0.499 e. The fourth-order valence-corrected chi connectivity index (χ4v) is 4.53. The highest BCUT2D eigenvalue weighted by atomic mass is 16.5. The summed E-state index contributed by atoms with van der Waals surface area (Å²) in [5.74, 6) is 0.691. The molecule has 0 aromatic heterocycles. The van der Waals surface area contributed by atoms with Gasteiger partial charge in [0, 0.05) is 18.9 Å². The third kappa shape index (κ3) is 1.37. The molecule has 1 N–H and O–H groups in total. The van der Waals surface area contributed by atoms with Gasteiger partial charge in [-0.2, -0.15) is 0 Å². The van der Waals surface area contributed by atoms with Crippen LogP contribution in [0, 0.1) is 5.92 Å². The van der Waals surface area contributed by atoms with Crippen molar-refractivity contribution in [3.8, 4) is 0 Å². The standard InChI is InChI=1S/C15H19NO4/c1-19-12-6-10-3-5-16-4-2-9-8-20-14(18)13(9)15(10,16)7-11(12)17/h6,10-11,17H,2-5,7-8H2,1H3/t10-,11+,15+/m1/s1. The van der Waals surface area contributed by atoms with Crippen molar-refractivity contribution in [2.24, 2.45) is 5.92 Å². The summed E-state index contributed by atoms with van der Waals surface area (Å²) in [7, 11) is 1.59. The average molecular weight is 277 g/mol. The number of hydrogen-bond donors (Lipinski definition) is 1. The van der Waals surface area contributed by atoms with E-state index in [1.165, 1.54) is 0 Å². The lowest BCUT2D eigenvalue weighted by Gasteiger charge is -2.48. The summed E-state index contributed by atoms with van der Waals surface area (Å²) in [6.07, 6.45) is 3.83. The number of carbonyl (C=O) groups excluding carboxylic acids is 1. The normalized spacial score (nSPS) is 39.9. The molecule has 5 heteroatoms. The second-order valence-electron chi connectivity index (χ2n) is 6.10. The Hall–Kier alpha value is -1.33. The van der Waals surface area contributed by atoms with Crippen molar-refractivity contribution in [1.29, 1.82) is 0 Å². The molecule has 3 atom stereocenters. The molecule has 20 heavy (non-hydrogen) atoms. The Labute approximate surface area is 117 Å². The van der Waals surface area contributed by atoms with Gasteiger partial charge in [-0.25, -0.2) is 4.79 Å². The smallest absolute Gasteiger partial charge is 0.336 e. The summed E-state index contributed by atoms with van der Waals surface area (Å²) < 4.78 is 10.6. The van der Waals surface area contributed by atoms with Crippen molar-refractivity contribution >= 4 is 5.97 Å². The molecular weight excluding hydrogens is 258 g/mol. The quantitative estimate of drug-likeness (QED) is 0.711. The van der Waals surface area contributed by atoms with Gasteiger partial charge in [0.15, 0.2) is 0 Å². The zero-order valence-electron chi connectivity index (χ0n) is 11.6. The Morgan fingerprint density at radius 1 is 1.50 bits per heavy atom. The van der Waals surface area contributed by atoms with E-state index in [0.717, 1.165) is 37.1 Å². The van der Waals surface area contributed by atoms with Crippen LogP contribution < -0.4 is 0 Å². The first-order chi connectivity index (χ1) is 9.66. The van der Waals surface area contributed by atoms with Crippen molar-refractivity contribution in [1.82, 2.24) is 4.90 Å². The minimum absolute atomic E-state index is 0.182. The number of aliphatic hydroxyl groups is 1. The van der Waals surface area contributed by atoms with Crippen LogP contribution in [-0.4, -0.2) is 54.4 Å². The number of methoxy groups -OCH3 is 1. The van der Waals surface area contributed by atoms with Crippen LogP contribution in [0.1, 0.15) is 19.3 Å². The predicted octanol–water partition coefficient (Wildman–Crippen LogP) is 0.599. The highest BCUT2D eigenvalue weighted by molar-refractivity contribution is 5.95. The first-order valence-electron chi connectivity index (χ1n) is 7.25. The molecule has 1 aliphatic carbocycles. The monoisotopic (exact) mass is 277 g/mol. The molecule has 108 valence electrons. The number of hydrogen-bond acceptors (Lipinski definition) is 5. The topological polar surface area (TPSA) is 59.0 Å². The molecule has 1 saturated heterocycles. The molecule has 0 unspecified atom stereocenters. The van der Waals surface area contributed by atoms with Gasteiger partial charge in [-0.05, 0) is 31.0 Å². The SMILES string of the molecule is COC1=C[C@H]2CCN3CCC4=C(C(=O)OC4)[C@]23C[C@@H]1O. The highest BCUT2D eigenvalue weighted by Gasteiger charge is 2.59. The van der Waals surface area contributed by atoms with E-state index in [2.05, 4.69) is 4.90 Å². The Morgan fingerprint density at radius 2 is 2.35 bits per heavy atom. The molecule has 0 aromatic rings. The van der Waals surface area contributed by atoms with Gasteiger partial charge in [0.25, 0.3) is 0 Å². The molecule has 4 rings (SSSR count). The summed E-state index contributed by atoms with van der Waals surface area (Å²) in [6.45, 7) is 2.36. The van der Waals surface area contributed by atoms with Gasteiger partial charge in [0.1, 0.15) is 18.5 Å². The number of ether oxygens (including phenoxy) is 2. The van der Waals surface area contributed by atoms with Crippen LogP contribution >= 0.6 is 0 Å². The van der Waals surface area contributed by atoms with Crippen LogP contribution in [0.15, 0.2) is 23.0 Å². The number of rotatable bonds is 1. The number of cyclic esters (lactones) is 1. The zero-order chi connectivity index (χ0) is 13.9. The largest absolute Gasteiger partial charge is 0.499 e. The summed E-state index contributed by atoms with van der Waals surface area (Å²) in [5.41, 5.74) is 1.61. The number of nitrogens with zero attached hydrogens (tertiary/aromatic N) is 1. The first-order valence-corrected chi connectivity index (χ1v) is 7.25. The maximum atomic E-state index is 12.2. The van der Waals surface area contributed by atoms with Crippen molar-refractivity contribution < 1.29 is 19.4 Å². The van der Waals surface area contributed by atoms with Gasteiger partial charge in [-0.1, -0.05) is 0 Å². The van der Waals surface area contributed by atoms with Crippen LogP contribution in [0.25, 0.3) is 0 Å². The van der Waals surface area contributed by atoms with Crippen molar-refractivity contribution in [2.45, 2.75) is 30.9 Å². The molecule has 1 fully saturated rings. The van der Waals surface area contributed by atoms with E-state index in [1.807, 2.05) is 6.08 Å². The molecule has 0 saturated carbocycles. The molecular formula is C15H19NO4. The van der Waals surface area contributed by atoms with Crippen LogP contribution in [0.5, 0.6) is 0 Å². The second-order valence-corrected chi connectivity index (χ2v) is 6.10. The predicted molar refractivity (Wildman–Crippen MR) is 70.7 cm³/mol. The van der Waals surface area contributed by atoms with Gasteiger partial charge in [0.2, 0.25) is 0 Å². The van der Waals surface area contributed by atoms with E-state index < -0.39 is 6.10 Å². The van der Waals surface area contributed by atoms with Gasteiger partial charge in [0.05, 0.1) is 18.2 Å². The summed E-state index contributed by atoms with van der Waals surface area (Å²) >= 11 is 0. The van der Waals surface area contributed by atoms with Crippen LogP contribution in [0.2, 0.25) is 0 Å². The van der Waals surface area contributed by atoms with Gasteiger partial charge in [-0.3, -0.25) is 4.90 Å². The lowest BCUT2D eigenvalue weighted by Crippen LogP contribution is -2.56. The van der Waals surface area contributed by atoms with Gasteiger partial charge in [-0.15, -0.1) is 0 Å². The highest BCUT2D eigenvalue weighted by Crippen LogP contribution is 2.53. The Bertz CT molecular complexity index is 538. The van der Waals surface area contributed by atoms with E-state index in [-0.39, 0.29) is 17.4 Å². The van der Waals surface area contributed by atoms with Crippen molar-refractivity contribution in [3.05, 3.63) is 23.0 Å². The van der Waals surface area contributed by atoms with Crippen molar-refractivity contribution in [2.75, 3.05) is 26.8 Å². The lowest BCUT2D eigenvalue weighted by atomic mass is 9.68. The third-order valence-electron chi connectivity index (χ3n) is 5.37. The number of carbonyl (C=O) groups is 1. The summed E-state index contributed by atoms with van der Waals surface area (Å²) in [6, 6.07) is 0. The molecule has 0 amide bonds.